The molecule has 0 unspecified atom stereocenters. The Kier molecular flexibility index (Phi) is 5.33. The Morgan fingerprint density at radius 3 is 1.58 bits per heavy atom. The first-order valence-electron chi connectivity index (χ1n) is 9.82. The maximum Gasteiger partial charge on any atom is 0.161 e. The topological polar surface area (TPSA) is 51.6 Å². The fourth-order valence-corrected chi connectivity index (χ4v) is 3.62. The van der Waals surface area contributed by atoms with E-state index in [0.29, 0.717) is 5.82 Å². The normalized spacial score (nSPS) is 10.7. The minimum Gasteiger partial charge on any atom is -0.264 e. The lowest BCUT2D eigenvalue weighted by Gasteiger charge is -2.10. The molecule has 0 amide bonds. The van der Waals surface area contributed by atoms with Crippen LogP contribution in [0.25, 0.3) is 45.0 Å². The number of hydrogen-bond donors (Lipinski definition) is 0. The molecule has 148 valence electrons. The Bertz CT molecular complexity index is 1300. The second-order valence-electron chi connectivity index (χ2n) is 7.03. The molecule has 0 bridgehead atoms. The molecule has 0 saturated carbocycles. The molecule has 0 aliphatic carbocycles. The van der Waals surface area contributed by atoms with Crippen molar-refractivity contribution < 1.29 is 0 Å². The molecule has 0 saturated heterocycles. The van der Waals surface area contributed by atoms with Crippen LogP contribution in [-0.4, -0.2) is 19.9 Å². The Morgan fingerprint density at radius 1 is 0.516 bits per heavy atom. The lowest BCUT2D eigenvalue weighted by atomic mass is 10.0. The van der Waals surface area contributed by atoms with Gasteiger partial charge in [0.1, 0.15) is 0 Å². The van der Waals surface area contributed by atoms with Gasteiger partial charge in [0, 0.05) is 46.0 Å². The standard InChI is InChI=1S/C26H17BrN4/c27-23-11-9-20(10-12-23)25-15-24(30-26(31-25)22-4-2-14-29-17-22)19-7-5-18(6-8-19)21-3-1-13-28-16-21/h1-17H. The molecule has 5 heteroatoms. The van der Waals surface area contributed by atoms with Crippen molar-refractivity contribution in [2.45, 2.75) is 0 Å². The highest BCUT2D eigenvalue weighted by atomic mass is 79.9. The molecule has 0 spiro atoms. The van der Waals surface area contributed by atoms with Crippen LogP contribution in [0.3, 0.4) is 0 Å². The van der Waals surface area contributed by atoms with Crippen LogP contribution < -0.4 is 0 Å². The van der Waals surface area contributed by atoms with Crippen LogP contribution in [0.15, 0.2) is 108 Å². The Hall–Kier alpha value is -3.70. The van der Waals surface area contributed by atoms with Crippen LogP contribution in [0.1, 0.15) is 0 Å². The SMILES string of the molecule is Brc1ccc(-c2cc(-c3ccc(-c4cccnc4)cc3)nc(-c3cccnc3)n2)cc1. The largest absolute Gasteiger partial charge is 0.264 e. The van der Waals surface area contributed by atoms with Gasteiger partial charge in [-0.15, -0.1) is 0 Å². The van der Waals surface area contributed by atoms with Gasteiger partial charge >= 0.3 is 0 Å². The van der Waals surface area contributed by atoms with Gasteiger partial charge < -0.3 is 0 Å². The molecular formula is C26H17BrN4. The maximum absolute atomic E-state index is 4.85. The van der Waals surface area contributed by atoms with Gasteiger partial charge in [-0.2, -0.15) is 0 Å². The monoisotopic (exact) mass is 464 g/mol. The second-order valence-corrected chi connectivity index (χ2v) is 7.95. The smallest absolute Gasteiger partial charge is 0.161 e. The number of nitrogens with zero attached hydrogens (tertiary/aromatic N) is 4. The van der Waals surface area contributed by atoms with E-state index in [0.717, 1.165) is 43.7 Å². The minimum absolute atomic E-state index is 0.653. The molecule has 0 atom stereocenters. The van der Waals surface area contributed by atoms with E-state index in [9.17, 15) is 0 Å². The van der Waals surface area contributed by atoms with Crippen molar-refractivity contribution in [3.63, 3.8) is 0 Å². The van der Waals surface area contributed by atoms with E-state index in [1.807, 2.05) is 42.6 Å². The van der Waals surface area contributed by atoms with Gasteiger partial charge in [-0.3, -0.25) is 9.97 Å². The van der Waals surface area contributed by atoms with E-state index in [-0.39, 0.29) is 0 Å². The molecule has 3 aromatic heterocycles. The van der Waals surface area contributed by atoms with Crippen LogP contribution >= 0.6 is 15.9 Å². The summed E-state index contributed by atoms with van der Waals surface area (Å²) in [5.41, 5.74) is 6.88. The van der Waals surface area contributed by atoms with Crippen molar-refractivity contribution in [3.05, 3.63) is 108 Å². The van der Waals surface area contributed by atoms with Crippen LogP contribution in [-0.2, 0) is 0 Å². The number of aromatic nitrogens is 4. The average molecular weight is 465 g/mol. The molecule has 4 nitrogen and oxygen atoms in total. The second kappa shape index (κ2) is 8.58. The summed E-state index contributed by atoms with van der Waals surface area (Å²) in [6, 6.07) is 26.4. The molecule has 5 aromatic rings. The summed E-state index contributed by atoms with van der Waals surface area (Å²) in [5.74, 6) is 0.653. The minimum atomic E-state index is 0.653. The zero-order valence-corrected chi connectivity index (χ0v) is 18.1. The molecule has 0 aliphatic heterocycles. The highest BCUT2D eigenvalue weighted by Gasteiger charge is 2.11. The average Bonchev–Trinajstić information content (AvgIpc) is 2.85. The van der Waals surface area contributed by atoms with Crippen molar-refractivity contribution in [2.24, 2.45) is 0 Å². The maximum atomic E-state index is 4.85. The molecule has 5 rings (SSSR count). The first-order valence-corrected chi connectivity index (χ1v) is 10.6. The van der Waals surface area contributed by atoms with Crippen LogP contribution in [0.2, 0.25) is 0 Å². The van der Waals surface area contributed by atoms with Gasteiger partial charge in [-0.1, -0.05) is 58.4 Å². The highest BCUT2D eigenvalue weighted by Crippen LogP contribution is 2.29. The summed E-state index contributed by atoms with van der Waals surface area (Å²) in [6.45, 7) is 0. The van der Waals surface area contributed by atoms with E-state index >= 15 is 0 Å². The van der Waals surface area contributed by atoms with Gasteiger partial charge in [-0.05, 0) is 47.5 Å². The molecule has 0 N–H and O–H groups in total. The fraction of sp³-hybridized carbons (Fsp3) is 0. The quantitative estimate of drug-likeness (QED) is 0.297. The van der Waals surface area contributed by atoms with Crippen LogP contribution in [0.4, 0.5) is 0 Å². The van der Waals surface area contributed by atoms with Crippen molar-refractivity contribution in [2.75, 3.05) is 0 Å². The predicted molar refractivity (Wildman–Crippen MR) is 127 cm³/mol. The van der Waals surface area contributed by atoms with Gasteiger partial charge in [0.25, 0.3) is 0 Å². The lowest BCUT2D eigenvalue weighted by molar-refractivity contribution is 1.17. The molecule has 2 aromatic carbocycles. The first-order chi connectivity index (χ1) is 15.3. The molecular weight excluding hydrogens is 448 g/mol. The van der Waals surface area contributed by atoms with E-state index in [2.05, 4.69) is 68.4 Å². The van der Waals surface area contributed by atoms with E-state index < -0.39 is 0 Å². The van der Waals surface area contributed by atoms with Crippen molar-refractivity contribution in [1.82, 2.24) is 19.9 Å². The molecule has 31 heavy (non-hydrogen) atoms. The highest BCUT2D eigenvalue weighted by molar-refractivity contribution is 9.10. The summed E-state index contributed by atoms with van der Waals surface area (Å²) in [6.07, 6.45) is 7.18. The summed E-state index contributed by atoms with van der Waals surface area (Å²) in [5, 5.41) is 0. The summed E-state index contributed by atoms with van der Waals surface area (Å²) < 4.78 is 1.03. The zero-order chi connectivity index (χ0) is 21.0. The molecule has 0 radical (unpaired) electrons. The zero-order valence-electron chi connectivity index (χ0n) is 16.5. The van der Waals surface area contributed by atoms with Gasteiger partial charge in [0.05, 0.1) is 11.4 Å². The number of benzene rings is 2. The fourth-order valence-electron chi connectivity index (χ4n) is 3.35. The number of halogens is 1. The number of hydrogen-bond acceptors (Lipinski definition) is 4. The Balaban J connectivity index is 1.60. The summed E-state index contributed by atoms with van der Waals surface area (Å²) >= 11 is 3.50. The molecule has 0 fully saturated rings. The summed E-state index contributed by atoms with van der Waals surface area (Å²) in [4.78, 5) is 18.1. The number of rotatable bonds is 4. The van der Waals surface area contributed by atoms with Crippen LogP contribution in [0.5, 0.6) is 0 Å². The van der Waals surface area contributed by atoms with Gasteiger partial charge in [-0.25, -0.2) is 9.97 Å². The summed E-state index contributed by atoms with van der Waals surface area (Å²) in [7, 11) is 0. The molecule has 0 aliphatic rings. The van der Waals surface area contributed by atoms with E-state index in [4.69, 9.17) is 9.97 Å². The third-order valence-corrected chi connectivity index (χ3v) is 5.49. The third-order valence-electron chi connectivity index (χ3n) is 4.96. The van der Waals surface area contributed by atoms with Gasteiger partial charge in [0.2, 0.25) is 0 Å². The van der Waals surface area contributed by atoms with Gasteiger partial charge in [0.15, 0.2) is 5.82 Å². The Labute approximate surface area is 188 Å². The third kappa shape index (κ3) is 4.27. The Morgan fingerprint density at radius 2 is 1.03 bits per heavy atom. The van der Waals surface area contributed by atoms with Crippen molar-refractivity contribution >= 4 is 15.9 Å². The van der Waals surface area contributed by atoms with Crippen molar-refractivity contribution in [1.29, 1.82) is 0 Å². The lowest BCUT2D eigenvalue weighted by Crippen LogP contribution is -1.96. The predicted octanol–water partition coefficient (Wildman–Crippen LogP) is 6.70. The molecule has 3 heterocycles. The van der Waals surface area contributed by atoms with E-state index in [1.165, 1.54) is 0 Å². The van der Waals surface area contributed by atoms with E-state index in [1.54, 1.807) is 18.6 Å². The van der Waals surface area contributed by atoms with Crippen molar-refractivity contribution in [3.8, 4) is 45.0 Å². The first kappa shape index (κ1) is 19.3. The number of pyridine rings is 2. The van der Waals surface area contributed by atoms with Crippen LogP contribution in [0, 0.1) is 0 Å².